The van der Waals surface area contributed by atoms with Crippen LogP contribution in [0, 0.1) is 17.2 Å². The quantitative estimate of drug-likeness (QED) is 0.881. The summed E-state index contributed by atoms with van der Waals surface area (Å²) < 4.78 is 6.25. The molecule has 20 heavy (non-hydrogen) atoms. The fourth-order valence-corrected chi connectivity index (χ4v) is 3.26. The number of nitrogens with one attached hydrogen (secondary N) is 1. The van der Waals surface area contributed by atoms with Crippen LogP contribution in [0.2, 0.25) is 0 Å². The zero-order chi connectivity index (χ0) is 14.1. The summed E-state index contributed by atoms with van der Waals surface area (Å²) in [4.78, 5) is 4.41. The van der Waals surface area contributed by atoms with Gasteiger partial charge in [0.05, 0.1) is 10.7 Å². The molecular weight excluding hydrogens is 318 g/mol. The highest BCUT2D eigenvalue weighted by molar-refractivity contribution is 9.10. The van der Waals surface area contributed by atoms with Gasteiger partial charge in [0.25, 0.3) is 0 Å². The average molecular weight is 334 g/mol. The minimum Gasteiger partial charge on any atom is -0.444 e. The first-order valence-corrected chi connectivity index (χ1v) is 7.71. The number of rotatable bonds is 2. The summed E-state index contributed by atoms with van der Waals surface area (Å²) in [5.41, 5.74) is 0.635. The van der Waals surface area contributed by atoms with Gasteiger partial charge in [0.15, 0.2) is 5.58 Å². The van der Waals surface area contributed by atoms with E-state index in [1.54, 1.807) is 12.3 Å². The number of hydrogen-bond donors (Lipinski definition) is 1. The molecule has 0 aromatic carbocycles. The van der Waals surface area contributed by atoms with Crippen molar-refractivity contribution in [3.05, 3.63) is 22.5 Å². The van der Waals surface area contributed by atoms with Crippen molar-refractivity contribution < 1.29 is 4.42 Å². The van der Waals surface area contributed by atoms with Gasteiger partial charge in [-0.2, -0.15) is 5.26 Å². The van der Waals surface area contributed by atoms with Crippen molar-refractivity contribution in [2.45, 2.75) is 38.6 Å². The molecule has 1 fully saturated rings. The molecule has 2 aromatic heterocycles. The average Bonchev–Trinajstić information content (AvgIpc) is 2.88. The van der Waals surface area contributed by atoms with Gasteiger partial charge in [-0.1, -0.05) is 6.92 Å². The molecule has 0 radical (unpaired) electrons. The van der Waals surface area contributed by atoms with E-state index >= 15 is 0 Å². The molecule has 0 atom stereocenters. The largest absolute Gasteiger partial charge is 0.444 e. The smallest absolute Gasteiger partial charge is 0.204 e. The Bertz CT molecular complexity index is 666. The first-order chi connectivity index (χ1) is 9.67. The van der Waals surface area contributed by atoms with E-state index in [0.717, 1.165) is 21.6 Å². The molecule has 3 rings (SSSR count). The minimum absolute atomic E-state index is 0.311. The highest BCUT2D eigenvalue weighted by atomic mass is 79.9. The third-order valence-corrected chi connectivity index (χ3v) is 4.79. The summed E-state index contributed by atoms with van der Waals surface area (Å²) in [6, 6.07) is 4.24. The number of nitriles is 1. The van der Waals surface area contributed by atoms with Crippen molar-refractivity contribution in [3.8, 4) is 6.07 Å². The highest BCUT2D eigenvalue weighted by Crippen LogP contribution is 2.33. The third-order valence-electron chi connectivity index (χ3n) is 3.98. The van der Waals surface area contributed by atoms with Crippen LogP contribution in [0.4, 0.5) is 5.82 Å². The number of halogens is 1. The molecule has 1 saturated carbocycles. The maximum absolute atomic E-state index is 8.89. The number of hydrogen-bond acceptors (Lipinski definition) is 4. The molecule has 2 heterocycles. The molecule has 104 valence electrons. The van der Waals surface area contributed by atoms with Crippen LogP contribution in [0.5, 0.6) is 0 Å². The standard InChI is InChI=1S/C15H16BrN3O/c1-9-2-4-10(5-3-9)19-15-14(16)12-6-11(7-17)20-13(12)8-18-15/h6,8-10H,2-5H2,1H3,(H,18,19). The lowest BCUT2D eigenvalue weighted by atomic mass is 9.87. The molecule has 0 amide bonds. The van der Waals surface area contributed by atoms with Crippen LogP contribution in [0.15, 0.2) is 21.2 Å². The van der Waals surface area contributed by atoms with Gasteiger partial charge in [0, 0.05) is 17.5 Å². The van der Waals surface area contributed by atoms with E-state index in [1.807, 2.05) is 6.07 Å². The molecule has 1 aliphatic rings. The van der Waals surface area contributed by atoms with Crippen molar-refractivity contribution >= 4 is 32.7 Å². The second-order valence-electron chi connectivity index (χ2n) is 5.52. The first-order valence-electron chi connectivity index (χ1n) is 6.92. The van der Waals surface area contributed by atoms with Crippen LogP contribution in [0.25, 0.3) is 11.0 Å². The van der Waals surface area contributed by atoms with Gasteiger partial charge < -0.3 is 9.73 Å². The van der Waals surface area contributed by atoms with Gasteiger partial charge in [-0.15, -0.1) is 0 Å². The Morgan fingerprint density at radius 1 is 1.40 bits per heavy atom. The predicted octanol–water partition coefficient (Wildman–Crippen LogP) is 4.45. The number of fused-ring (bicyclic) bond motifs is 1. The lowest BCUT2D eigenvalue weighted by Gasteiger charge is -2.27. The van der Waals surface area contributed by atoms with E-state index in [-0.39, 0.29) is 0 Å². The lowest BCUT2D eigenvalue weighted by Crippen LogP contribution is -2.25. The second kappa shape index (κ2) is 5.45. The van der Waals surface area contributed by atoms with Crippen molar-refractivity contribution in [2.75, 3.05) is 5.32 Å². The van der Waals surface area contributed by atoms with Crippen LogP contribution in [0.1, 0.15) is 38.4 Å². The van der Waals surface area contributed by atoms with Gasteiger partial charge >= 0.3 is 0 Å². The Labute approximate surface area is 126 Å². The monoisotopic (exact) mass is 333 g/mol. The maximum atomic E-state index is 8.89. The Hall–Kier alpha value is -1.54. The van der Waals surface area contributed by atoms with E-state index in [1.165, 1.54) is 25.7 Å². The number of pyridine rings is 1. The fourth-order valence-electron chi connectivity index (χ4n) is 2.73. The predicted molar refractivity (Wildman–Crippen MR) is 81.5 cm³/mol. The van der Waals surface area contributed by atoms with Gasteiger partial charge in [-0.3, -0.25) is 0 Å². The molecule has 5 heteroatoms. The second-order valence-corrected chi connectivity index (χ2v) is 6.32. The Balaban J connectivity index is 1.85. The van der Waals surface area contributed by atoms with Crippen LogP contribution >= 0.6 is 15.9 Å². The normalized spacial score (nSPS) is 22.6. The molecule has 0 spiro atoms. The lowest BCUT2D eigenvalue weighted by molar-refractivity contribution is 0.361. The minimum atomic E-state index is 0.311. The maximum Gasteiger partial charge on any atom is 0.204 e. The van der Waals surface area contributed by atoms with E-state index in [0.29, 0.717) is 17.4 Å². The van der Waals surface area contributed by atoms with E-state index in [4.69, 9.17) is 9.68 Å². The zero-order valence-corrected chi connectivity index (χ0v) is 12.9. The van der Waals surface area contributed by atoms with Crippen LogP contribution in [0.3, 0.4) is 0 Å². The third kappa shape index (κ3) is 2.53. The summed E-state index contributed by atoms with van der Waals surface area (Å²) in [6.07, 6.45) is 6.57. The summed E-state index contributed by atoms with van der Waals surface area (Å²) in [7, 11) is 0. The molecule has 0 bridgehead atoms. The van der Waals surface area contributed by atoms with E-state index in [9.17, 15) is 0 Å². The first kappa shape index (κ1) is 13.4. The summed E-state index contributed by atoms with van der Waals surface area (Å²) >= 11 is 3.57. The Morgan fingerprint density at radius 3 is 2.85 bits per heavy atom. The van der Waals surface area contributed by atoms with Gasteiger partial charge in [0.2, 0.25) is 5.76 Å². The Kier molecular flexibility index (Phi) is 3.66. The molecule has 0 saturated heterocycles. The number of nitrogens with zero attached hydrogens (tertiary/aromatic N) is 2. The highest BCUT2D eigenvalue weighted by Gasteiger charge is 2.20. The van der Waals surface area contributed by atoms with Gasteiger partial charge in [-0.25, -0.2) is 4.98 Å². The number of anilines is 1. The van der Waals surface area contributed by atoms with Crippen molar-refractivity contribution in [3.63, 3.8) is 0 Å². The SMILES string of the molecule is CC1CCC(Nc2ncc3oc(C#N)cc3c2Br)CC1. The topological polar surface area (TPSA) is 61.9 Å². The van der Waals surface area contributed by atoms with E-state index < -0.39 is 0 Å². The van der Waals surface area contributed by atoms with Crippen LogP contribution in [-0.4, -0.2) is 11.0 Å². The fraction of sp³-hybridized carbons (Fsp3) is 0.467. The molecule has 0 unspecified atom stereocenters. The van der Waals surface area contributed by atoms with E-state index in [2.05, 4.69) is 33.2 Å². The molecular formula is C15H16BrN3O. The summed E-state index contributed by atoms with van der Waals surface area (Å²) in [6.45, 7) is 2.31. The summed E-state index contributed by atoms with van der Waals surface area (Å²) in [5.74, 6) is 1.98. The molecule has 0 aliphatic heterocycles. The molecule has 1 aliphatic carbocycles. The molecule has 1 N–H and O–H groups in total. The van der Waals surface area contributed by atoms with Crippen LogP contribution < -0.4 is 5.32 Å². The van der Waals surface area contributed by atoms with Crippen molar-refractivity contribution in [1.29, 1.82) is 5.26 Å². The van der Waals surface area contributed by atoms with Gasteiger partial charge in [0.1, 0.15) is 11.9 Å². The summed E-state index contributed by atoms with van der Waals surface area (Å²) in [5, 5.41) is 13.3. The van der Waals surface area contributed by atoms with Crippen molar-refractivity contribution in [2.24, 2.45) is 5.92 Å². The van der Waals surface area contributed by atoms with Crippen LogP contribution in [-0.2, 0) is 0 Å². The zero-order valence-electron chi connectivity index (χ0n) is 11.3. The number of aromatic nitrogens is 1. The molecule has 4 nitrogen and oxygen atoms in total. The Morgan fingerprint density at radius 2 is 2.15 bits per heavy atom. The molecule has 2 aromatic rings. The number of furan rings is 1. The van der Waals surface area contributed by atoms with Gasteiger partial charge in [-0.05, 0) is 47.5 Å². The van der Waals surface area contributed by atoms with Crippen molar-refractivity contribution in [1.82, 2.24) is 4.98 Å².